The van der Waals surface area contributed by atoms with Gasteiger partial charge in [0.25, 0.3) is 11.8 Å². The molecule has 7 aliphatic rings. The number of carbonyl (C=O) groups is 4. The van der Waals surface area contributed by atoms with E-state index in [1.54, 1.807) is 36.5 Å². The van der Waals surface area contributed by atoms with Crippen LogP contribution in [0.4, 0.5) is 37.7 Å². The highest BCUT2D eigenvalue weighted by atomic mass is 19.4. The van der Waals surface area contributed by atoms with Crippen LogP contribution in [0.2, 0.25) is 0 Å². The molecule has 0 radical (unpaired) electrons. The van der Waals surface area contributed by atoms with Crippen molar-refractivity contribution < 1.29 is 45.5 Å². The van der Waals surface area contributed by atoms with Gasteiger partial charge in [0.1, 0.15) is 0 Å². The lowest BCUT2D eigenvalue weighted by molar-refractivity contribution is -0.138. The molecule has 0 aromatic heterocycles. The number of piperidine rings is 1. The molecule has 4 amide bonds. The number of imide groups is 2. The highest BCUT2D eigenvalue weighted by Gasteiger charge is 2.57. The first kappa shape index (κ1) is 30.5. The minimum Gasteiger partial charge on any atom is -0.273 e. The number of amides is 4. The molecule has 250 valence electrons. The first-order valence-corrected chi connectivity index (χ1v) is 15.8. The number of benzene rings is 2. The van der Waals surface area contributed by atoms with Gasteiger partial charge >= 0.3 is 12.4 Å². The van der Waals surface area contributed by atoms with Crippen LogP contribution in [0.25, 0.3) is 0 Å². The summed E-state index contributed by atoms with van der Waals surface area (Å²) in [6, 6.07) is 8.19. The van der Waals surface area contributed by atoms with Crippen LogP contribution in [0.5, 0.6) is 0 Å². The molecule has 0 spiro atoms. The molecule has 1 fully saturated rings. The molecule has 5 aliphatic carbocycles. The van der Waals surface area contributed by atoms with Crippen LogP contribution in [-0.2, 0) is 31.5 Å². The number of nitrogens with zero attached hydrogens (tertiary/aromatic N) is 2. The standard InChI is InChI=1S/C38H22F6N2O4/c39-37(40,41)17-3-1-5-19(15-17)45-33(47)25-11-7-21-23-9-13-27-32-28(36(50)46(35(27)49)20-6-2-4-18(16-20)38(42,43)44)14-10-24(30(23)32)22-8-12-26(34(45)48)31(25)29(21)22/h1-16,21-22,25,28-29,32H. The van der Waals surface area contributed by atoms with E-state index in [1.807, 2.05) is 12.2 Å². The van der Waals surface area contributed by atoms with Crippen molar-refractivity contribution in [3.8, 4) is 0 Å². The van der Waals surface area contributed by atoms with Crippen LogP contribution in [-0.4, -0.2) is 23.6 Å². The molecule has 2 heterocycles. The van der Waals surface area contributed by atoms with E-state index in [-0.39, 0.29) is 40.3 Å². The Morgan fingerprint density at radius 3 is 1.84 bits per heavy atom. The third-order valence-electron chi connectivity index (χ3n) is 10.8. The van der Waals surface area contributed by atoms with Crippen molar-refractivity contribution in [2.24, 2.45) is 35.5 Å². The van der Waals surface area contributed by atoms with E-state index in [1.165, 1.54) is 12.1 Å². The maximum Gasteiger partial charge on any atom is 0.416 e. The molecule has 0 saturated carbocycles. The summed E-state index contributed by atoms with van der Waals surface area (Å²) in [5.41, 5.74) is 1.11. The van der Waals surface area contributed by atoms with Crippen LogP contribution in [0, 0.1) is 35.5 Å². The number of carbonyl (C=O) groups excluding carboxylic acids is 4. The number of hydrogen-bond acceptors (Lipinski definition) is 4. The van der Waals surface area contributed by atoms with Crippen molar-refractivity contribution >= 4 is 35.0 Å². The van der Waals surface area contributed by atoms with Gasteiger partial charge in [-0.25, -0.2) is 9.80 Å². The van der Waals surface area contributed by atoms with Crippen LogP contribution >= 0.6 is 0 Å². The number of fused-ring (bicyclic) bond motifs is 2. The van der Waals surface area contributed by atoms with E-state index in [0.717, 1.165) is 62.9 Å². The maximum atomic E-state index is 13.9. The van der Waals surface area contributed by atoms with E-state index >= 15 is 0 Å². The predicted molar refractivity (Wildman–Crippen MR) is 166 cm³/mol. The molecular formula is C38H22F6N2O4. The van der Waals surface area contributed by atoms with Crippen molar-refractivity contribution in [1.29, 1.82) is 0 Å². The Morgan fingerprint density at radius 1 is 0.600 bits per heavy atom. The predicted octanol–water partition coefficient (Wildman–Crippen LogP) is 7.05. The average Bonchev–Trinajstić information content (AvgIpc) is 3.08. The third-order valence-corrected chi connectivity index (χ3v) is 10.8. The molecule has 1 saturated heterocycles. The lowest BCUT2D eigenvalue weighted by Crippen LogP contribution is -2.55. The molecule has 2 aromatic carbocycles. The SMILES string of the molecule is O=C1C2=C3C(C=CC4C5=CC=C6C(=O)N(c7cccc(C(F)(F)F)c7)C(=O)C7C=CC(=C5C67)C(C=C2)C34)C(=O)N1c1cccc(C(F)(F)F)c1. The summed E-state index contributed by atoms with van der Waals surface area (Å²) >= 11 is 0. The Bertz CT molecular complexity index is 2230. The lowest BCUT2D eigenvalue weighted by Gasteiger charge is -2.53. The van der Waals surface area contributed by atoms with E-state index in [2.05, 4.69) is 0 Å². The molecule has 2 aliphatic heterocycles. The summed E-state index contributed by atoms with van der Waals surface area (Å²) in [6.45, 7) is 0. The number of allylic oxidation sites excluding steroid dienone is 8. The summed E-state index contributed by atoms with van der Waals surface area (Å²) in [4.78, 5) is 57.3. The Morgan fingerprint density at radius 2 is 1.20 bits per heavy atom. The molecule has 50 heavy (non-hydrogen) atoms. The van der Waals surface area contributed by atoms with E-state index in [4.69, 9.17) is 0 Å². The Hall–Kier alpha value is -5.52. The summed E-state index contributed by atoms with van der Waals surface area (Å²) in [7, 11) is 0. The summed E-state index contributed by atoms with van der Waals surface area (Å²) in [5, 5.41) is 0. The highest BCUT2D eigenvalue weighted by Crippen LogP contribution is 2.60. The van der Waals surface area contributed by atoms with E-state index < -0.39 is 64.9 Å². The smallest absolute Gasteiger partial charge is 0.273 e. The number of hydrogen-bond donors (Lipinski definition) is 0. The first-order chi connectivity index (χ1) is 23.8. The molecule has 2 aromatic rings. The highest BCUT2D eigenvalue weighted by molar-refractivity contribution is 6.27. The van der Waals surface area contributed by atoms with Gasteiger partial charge in [-0.2, -0.15) is 26.3 Å². The molecular weight excluding hydrogens is 662 g/mol. The fourth-order valence-corrected chi connectivity index (χ4v) is 8.75. The van der Waals surface area contributed by atoms with Gasteiger partial charge in [-0.05, 0) is 58.7 Å². The van der Waals surface area contributed by atoms with Crippen molar-refractivity contribution in [3.63, 3.8) is 0 Å². The summed E-state index contributed by atoms with van der Waals surface area (Å²) in [5.74, 6) is -6.30. The quantitative estimate of drug-likeness (QED) is 0.193. The van der Waals surface area contributed by atoms with Crippen molar-refractivity contribution in [2.45, 2.75) is 12.4 Å². The Labute approximate surface area is 279 Å². The van der Waals surface area contributed by atoms with Crippen LogP contribution in [0.1, 0.15) is 11.1 Å². The van der Waals surface area contributed by atoms with Gasteiger partial charge in [-0.1, -0.05) is 60.7 Å². The topological polar surface area (TPSA) is 74.8 Å². The fourth-order valence-electron chi connectivity index (χ4n) is 8.75. The molecule has 9 rings (SSSR count). The molecule has 6 nitrogen and oxygen atoms in total. The third kappa shape index (κ3) is 4.04. The van der Waals surface area contributed by atoms with E-state index in [9.17, 15) is 45.5 Å². The van der Waals surface area contributed by atoms with Crippen LogP contribution in [0.3, 0.4) is 0 Å². The largest absolute Gasteiger partial charge is 0.416 e. The first-order valence-electron chi connectivity index (χ1n) is 15.8. The zero-order valence-corrected chi connectivity index (χ0v) is 25.5. The minimum absolute atomic E-state index is 0.178. The molecule has 6 atom stereocenters. The molecule has 12 heteroatoms. The number of anilines is 2. The molecule has 0 bridgehead atoms. The van der Waals surface area contributed by atoms with E-state index in [0.29, 0.717) is 5.57 Å². The average molecular weight is 685 g/mol. The zero-order chi connectivity index (χ0) is 35.0. The lowest BCUT2D eigenvalue weighted by atomic mass is 9.52. The number of alkyl halides is 6. The number of halogens is 6. The van der Waals surface area contributed by atoms with Gasteiger partial charge in [0.2, 0.25) is 11.8 Å². The Kier molecular flexibility index (Phi) is 6.12. The van der Waals surface area contributed by atoms with Crippen LogP contribution in [0.15, 0.2) is 131 Å². The zero-order valence-electron chi connectivity index (χ0n) is 25.5. The summed E-state index contributed by atoms with van der Waals surface area (Å²) < 4.78 is 81.1. The van der Waals surface area contributed by atoms with Crippen LogP contribution < -0.4 is 9.80 Å². The molecule has 0 N–H and O–H groups in total. The van der Waals surface area contributed by atoms with Gasteiger partial charge in [0.15, 0.2) is 0 Å². The van der Waals surface area contributed by atoms with Crippen molar-refractivity contribution in [2.75, 3.05) is 9.80 Å². The second kappa shape index (κ2) is 10.0. The fraction of sp³-hybridized carbons (Fsp3) is 0.211. The van der Waals surface area contributed by atoms with Gasteiger partial charge in [-0.3, -0.25) is 19.2 Å². The second-order valence-corrected chi connectivity index (χ2v) is 13.2. The normalized spacial score (nSPS) is 29.3. The van der Waals surface area contributed by atoms with Gasteiger partial charge in [-0.15, -0.1) is 0 Å². The number of rotatable bonds is 2. The van der Waals surface area contributed by atoms with Gasteiger partial charge in [0, 0.05) is 34.8 Å². The monoisotopic (exact) mass is 684 g/mol. The van der Waals surface area contributed by atoms with Crippen molar-refractivity contribution in [1.82, 2.24) is 0 Å². The second-order valence-electron chi connectivity index (χ2n) is 13.2. The van der Waals surface area contributed by atoms with Crippen molar-refractivity contribution in [3.05, 3.63) is 142 Å². The Balaban J connectivity index is 1.13. The van der Waals surface area contributed by atoms with Gasteiger partial charge < -0.3 is 0 Å². The van der Waals surface area contributed by atoms with Gasteiger partial charge in [0.05, 0.1) is 34.3 Å². The molecule has 6 unspecified atom stereocenters. The minimum atomic E-state index is -4.68. The maximum absolute atomic E-state index is 13.9. The summed E-state index contributed by atoms with van der Waals surface area (Å²) in [6.07, 6.45) is 4.41.